The van der Waals surface area contributed by atoms with Gasteiger partial charge in [0.1, 0.15) is 17.2 Å². The molecule has 0 spiro atoms. The average Bonchev–Trinajstić information content (AvgIpc) is 2.79. The van der Waals surface area contributed by atoms with Gasteiger partial charge in [0.2, 0.25) is 15.9 Å². The van der Waals surface area contributed by atoms with Crippen molar-refractivity contribution in [3.05, 3.63) is 42.5 Å². The van der Waals surface area contributed by atoms with Crippen molar-refractivity contribution in [2.24, 2.45) is 0 Å². The second kappa shape index (κ2) is 12.6. The fraction of sp³-hybridized carbons (Fsp3) is 0.409. The molecule has 2 rings (SSSR count). The van der Waals surface area contributed by atoms with Crippen LogP contribution < -0.4 is 19.5 Å². The summed E-state index contributed by atoms with van der Waals surface area (Å²) in [5.74, 6) is 2.44. The number of carbonyl (C=O) groups is 1. The van der Waals surface area contributed by atoms with Gasteiger partial charge in [0.15, 0.2) is 0 Å². The van der Waals surface area contributed by atoms with Gasteiger partial charge in [0.25, 0.3) is 0 Å². The van der Waals surface area contributed by atoms with Gasteiger partial charge in [-0.25, -0.2) is 8.42 Å². The van der Waals surface area contributed by atoms with E-state index in [4.69, 9.17) is 14.2 Å². The Labute approximate surface area is 194 Å². The first-order valence-electron chi connectivity index (χ1n) is 10.2. The first-order chi connectivity index (χ1) is 15.3. The maximum Gasteiger partial charge on any atom is 0.243 e. The van der Waals surface area contributed by atoms with E-state index in [1.54, 1.807) is 27.0 Å². The number of nitrogens with zero attached hydrogens (tertiary/aromatic N) is 1. The number of benzene rings is 2. The largest absolute Gasteiger partial charge is 0.497 e. The smallest absolute Gasteiger partial charge is 0.243 e. The number of nitrogens with one attached hydrogen (secondary N) is 1. The molecule has 0 saturated heterocycles. The molecular formula is C22H30N2O6S2. The lowest BCUT2D eigenvalue weighted by Crippen LogP contribution is -2.30. The number of rotatable bonds is 13. The molecule has 0 unspecified atom stereocenters. The predicted molar refractivity (Wildman–Crippen MR) is 128 cm³/mol. The van der Waals surface area contributed by atoms with Crippen LogP contribution in [-0.2, 0) is 14.8 Å². The van der Waals surface area contributed by atoms with Gasteiger partial charge < -0.3 is 19.5 Å². The van der Waals surface area contributed by atoms with Crippen molar-refractivity contribution in [1.29, 1.82) is 0 Å². The van der Waals surface area contributed by atoms with Gasteiger partial charge >= 0.3 is 0 Å². The summed E-state index contributed by atoms with van der Waals surface area (Å²) in [6.07, 6.45) is 0. The van der Waals surface area contributed by atoms with Gasteiger partial charge in [0.05, 0.1) is 37.2 Å². The molecule has 2 aromatic rings. The molecule has 0 saturated carbocycles. The highest BCUT2D eigenvalue weighted by molar-refractivity contribution is 7.99. The van der Waals surface area contributed by atoms with E-state index in [1.807, 2.05) is 24.3 Å². The van der Waals surface area contributed by atoms with E-state index in [0.717, 1.165) is 11.5 Å². The highest BCUT2D eigenvalue weighted by Gasteiger charge is 2.23. The first kappa shape index (κ1) is 25.8. The van der Waals surface area contributed by atoms with E-state index in [9.17, 15) is 13.2 Å². The van der Waals surface area contributed by atoms with Crippen LogP contribution in [0.15, 0.2) is 47.4 Å². The van der Waals surface area contributed by atoms with Crippen LogP contribution in [0.2, 0.25) is 0 Å². The molecule has 0 bridgehead atoms. The van der Waals surface area contributed by atoms with E-state index in [2.05, 4.69) is 5.32 Å². The first-order valence-corrected chi connectivity index (χ1v) is 12.8. The van der Waals surface area contributed by atoms with Crippen LogP contribution in [0.3, 0.4) is 0 Å². The highest BCUT2D eigenvalue weighted by Crippen LogP contribution is 2.29. The highest BCUT2D eigenvalue weighted by atomic mass is 32.2. The molecule has 0 aliphatic heterocycles. The summed E-state index contributed by atoms with van der Waals surface area (Å²) in [4.78, 5) is 12.5. The van der Waals surface area contributed by atoms with Crippen LogP contribution in [0.4, 0.5) is 5.69 Å². The number of ether oxygens (including phenoxy) is 3. The number of hydrogen-bond donors (Lipinski definition) is 1. The van der Waals surface area contributed by atoms with Gasteiger partial charge in [-0.3, -0.25) is 4.79 Å². The molecule has 0 atom stereocenters. The third kappa shape index (κ3) is 7.04. The molecule has 0 heterocycles. The topological polar surface area (TPSA) is 94.2 Å². The molecule has 0 radical (unpaired) electrons. The monoisotopic (exact) mass is 482 g/mol. The zero-order chi connectivity index (χ0) is 23.6. The van der Waals surface area contributed by atoms with Gasteiger partial charge in [0, 0.05) is 18.8 Å². The van der Waals surface area contributed by atoms with Crippen molar-refractivity contribution in [3.8, 4) is 17.2 Å². The lowest BCUT2D eigenvalue weighted by Gasteiger charge is -2.19. The van der Waals surface area contributed by atoms with Gasteiger partial charge in [-0.2, -0.15) is 4.31 Å². The number of methoxy groups -OCH3 is 2. The van der Waals surface area contributed by atoms with Crippen molar-refractivity contribution in [1.82, 2.24) is 4.31 Å². The van der Waals surface area contributed by atoms with Crippen molar-refractivity contribution in [3.63, 3.8) is 0 Å². The van der Waals surface area contributed by atoms with Crippen LogP contribution in [-0.4, -0.2) is 64.1 Å². The minimum absolute atomic E-state index is 0.109. The van der Waals surface area contributed by atoms with E-state index in [0.29, 0.717) is 36.9 Å². The van der Waals surface area contributed by atoms with Crippen molar-refractivity contribution >= 4 is 33.4 Å². The van der Waals surface area contributed by atoms with Crippen LogP contribution in [0, 0.1) is 0 Å². The van der Waals surface area contributed by atoms with Crippen LogP contribution >= 0.6 is 11.8 Å². The fourth-order valence-electron chi connectivity index (χ4n) is 2.90. The number of carbonyl (C=O) groups excluding carboxylic acids is 1. The molecule has 10 heteroatoms. The third-order valence-electron chi connectivity index (χ3n) is 4.58. The normalized spacial score (nSPS) is 11.3. The molecule has 1 N–H and O–H groups in total. The number of amides is 1. The Bertz CT molecular complexity index is 976. The molecule has 0 fully saturated rings. The molecule has 2 aromatic carbocycles. The average molecular weight is 483 g/mol. The number of hydrogen-bond acceptors (Lipinski definition) is 7. The summed E-state index contributed by atoms with van der Waals surface area (Å²) < 4.78 is 42.9. The Kier molecular flexibility index (Phi) is 10.1. The summed E-state index contributed by atoms with van der Waals surface area (Å²) in [7, 11) is -0.571. The lowest BCUT2D eigenvalue weighted by molar-refractivity contribution is -0.113. The molecule has 0 aromatic heterocycles. The van der Waals surface area contributed by atoms with Crippen LogP contribution in [0.1, 0.15) is 13.8 Å². The standard InChI is InChI=1S/C22H30N2O6S2/c1-5-24(6-2)32(26,27)19-11-12-21(29-4)20(15-19)23-22(25)16-31-14-13-30-18-9-7-17(28-3)8-10-18/h7-12,15H,5-6,13-14,16H2,1-4H3,(H,23,25). The predicted octanol–water partition coefficient (Wildman–Crippen LogP) is 3.49. The Balaban J connectivity index is 1.91. The number of sulfonamides is 1. The number of anilines is 1. The Morgan fingerprint density at radius 2 is 1.66 bits per heavy atom. The van der Waals surface area contributed by atoms with Crippen LogP contribution in [0.5, 0.6) is 17.2 Å². The van der Waals surface area contributed by atoms with E-state index in [-0.39, 0.29) is 16.6 Å². The summed E-state index contributed by atoms with van der Waals surface area (Å²) in [6.45, 7) is 4.74. The van der Waals surface area contributed by atoms with Gasteiger partial charge in [-0.15, -0.1) is 11.8 Å². The minimum Gasteiger partial charge on any atom is -0.497 e. The summed E-state index contributed by atoms with van der Waals surface area (Å²) in [6, 6.07) is 11.7. The molecule has 1 amide bonds. The fourth-order valence-corrected chi connectivity index (χ4v) is 4.99. The second-order valence-electron chi connectivity index (χ2n) is 6.58. The molecule has 0 aliphatic carbocycles. The zero-order valence-corrected chi connectivity index (χ0v) is 20.4. The van der Waals surface area contributed by atoms with Gasteiger partial charge in [-0.05, 0) is 42.5 Å². The van der Waals surface area contributed by atoms with E-state index in [1.165, 1.54) is 35.3 Å². The molecule has 176 valence electrons. The number of thioether (sulfide) groups is 1. The summed E-state index contributed by atoms with van der Waals surface area (Å²) in [5.41, 5.74) is 0.320. The van der Waals surface area contributed by atoms with Crippen molar-refractivity contribution in [2.45, 2.75) is 18.7 Å². The maximum absolute atomic E-state index is 12.8. The second-order valence-corrected chi connectivity index (χ2v) is 9.62. The Hall–Kier alpha value is -2.43. The Morgan fingerprint density at radius 3 is 2.25 bits per heavy atom. The quantitative estimate of drug-likeness (QED) is 0.437. The van der Waals surface area contributed by atoms with E-state index < -0.39 is 10.0 Å². The lowest BCUT2D eigenvalue weighted by atomic mass is 10.3. The summed E-state index contributed by atoms with van der Waals surface area (Å²) in [5, 5.41) is 2.75. The zero-order valence-electron chi connectivity index (χ0n) is 18.8. The van der Waals surface area contributed by atoms with E-state index >= 15 is 0 Å². The molecule has 0 aliphatic rings. The molecule has 8 nitrogen and oxygen atoms in total. The SMILES string of the molecule is CCN(CC)S(=O)(=O)c1ccc(OC)c(NC(=O)CSCCOc2ccc(OC)cc2)c1. The minimum atomic E-state index is -3.64. The Morgan fingerprint density at radius 1 is 1.00 bits per heavy atom. The van der Waals surface area contributed by atoms with Crippen LogP contribution in [0.25, 0.3) is 0 Å². The van der Waals surface area contributed by atoms with Crippen molar-refractivity contribution < 1.29 is 27.4 Å². The van der Waals surface area contributed by atoms with Crippen molar-refractivity contribution in [2.75, 3.05) is 50.7 Å². The molecular weight excluding hydrogens is 452 g/mol. The summed E-state index contributed by atoms with van der Waals surface area (Å²) >= 11 is 1.41. The molecule has 32 heavy (non-hydrogen) atoms. The third-order valence-corrected chi connectivity index (χ3v) is 7.54. The maximum atomic E-state index is 12.8. The van der Waals surface area contributed by atoms with Gasteiger partial charge in [-0.1, -0.05) is 13.8 Å².